The van der Waals surface area contributed by atoms with Gasteiger partial charge in [0.25, 0.3) is 0 Å². The van der Waals surface area contributed by atoms with E-state index in [1.54, 1.807) is 0 Å². The molecule has 1 unspecified atom stereocenters. The second kappa shape index (κ2) is 11.8. The normalized spacial score (nSPS) is 24.8. The van der Waals surface area contributed by atoms with Gasteiger partial charge in [-0.05, 0) is 41.2 Å². The second-order valence-corrected chi connectivity index (χ2v) is 9.23. The van der Waals surface area contributed by atoms with Crippen molar-refractivity contribution in [2.75, 3.05) is 0 Å². The van der Waals surface area contributed by atoms with Gasteiger partial charge >= 0.3 is 0 Å². The minimum Gasteiger partial charge on any atom is -0.392 e. The minimum absolute atomic E-state index is 0.00345. The molecular weight excluding hydrogens is 424 g/mol. The number of hydrogen-bond acceptors (Lipinski definition) is 4. The standard InChI is InChI=1S/C30H36O4/c1-4-27-22(3)28(32-19-23-11-7-5-8-12-23)30(33-20-24-13-9-6-10-14-24)29(34-27)25-16-15-21(2)26(17-25)18-31/h5-17,22,27-31H,4,18-20H2,1-3H3/t22-,27-,28+,29?,30-/m1/s1. The van der Waals surface area contributed by atoms with Crippen molar-refractivity contribution >= 4 is 0 Å². The molecule has 0 radical (unpaired) electrons. The van der Waals surface area contributed by atoms with E-state index in [2.05, 4.69) is 56.3 Å². The van der Waals surface area contributed by atoms with Gasteiger partial charge in [-0.25, -0.2) is 0 Å². The van der Waals surface area contributed by atoms with Gasteiger partial charge in [-0.15, -0.1) is 0 Å². The fourth-order valence-electron chi connectivity index (χ4n) is 4.81. The zero-order valence-electron chi connectivity index (χ0n) is 20.4. The molecule has 4 nitrogen and oxygen atoms in total. The maximum Gasteiger partial charge on any atom is 0.115 e. The highest BCUT2D eigenvalue weighted by Crippen LogP contribution is 2.40. The SMILES string of the molecule is CC[C@H]1OC(c2ccc(C)c(CO)c2)[C@H](OCc2ccccc2)[C@@H](OCc2ccccc2)[C@@H]1C. The molecule has 1 fully saturated rings. The summed E-state index contributed by atoms with van der Waals surface area (Å²) in [6, 6.07) is 26.7. The number of aliphatic hydroxyl groups excluding tert-OH is 1. The van der Waals surface area contributed by atoms with Crippen molar-refractivity contribution in [1.29, 1.82) is 0 Å². The Labute approximate surface area is 203 Å². The fraction of sp³-hybridized carbons (Fsp3) is 0.400. The Morgan fingerprint density at radius 3 is 1.97 bits per heavy atom. The zero-order chi connectivity index (χ0) is 23.9. The molecule has 4 rings (SSSR count). The van der Waals surface area contributed by atoms with Crippen molar-refractivity contribution in [2.24, 2.45) is 5.92 Å². The Kier molecular flexibility index (Phi) is 8.52. The van der Waals surface area contributed by atoms with Crippen LogP contribution < -0.4 is 0 Å². The Bertz CT molecular complexity index is 1020. The van der Waals surface area contributed by atoms with E-state index in [-0.39, 0.29) is 36.9 Å². The third-order valence-corrected chi connectivity index (χ3v) is 6.89. The number of aliphatic hydroxyl groups is 1. The van der Waals surface area contributed by atoms with Crippen LogP contribution in [0, 0.1) is 12.8 Å². The molecule has 0 bridgehead atoms. The molecule has 1 heterocycles. The van der Waals surface area contributed by atoms with Gasteiger partial charge in [-0.1, -0.05) is 92.7 Å². The molecule has 1 N–H and O–H groups in total. The monoisotopic (exact) mass is 460 g/mol. The summed E-state index contributed by atoms with van der Waals surface area (Å²) in [5.74, 6) is 0.175. The van der Waals surface area contributed by atoms with Gasteiger partial charge in [0.2, 0.25) is 0 Å². The molecule has 0 amide bonds. The first-order valence-corrected chi connectivity index (χ1v) is 12.3. The maximum atomic E-state index is 9.86. The summed E-state index contributed by atoms with van der Waals surface area (Å²) in [5.41, 5.74) is 5.27. The lowest BCUT2D eigenvalue weighted by atomic mass is 9.84. The van der Waals surface area contributed by atoms with Crippen LogP contribution in [-0.2, 0) is 34.0 Å². The van der Waals surface area contributed by atoms with Gasteiger partial charge in [-0.3, -0.25) is 0 Å². The first-order valence-electron chi connectivity index (χ1n) is 12.3. The van der Waals surface area contributed by atoms with Crippen LogP contribution in [-0.4, -0.2) is 23.4 Å². The predicted molar refractivity (Wildman–Crippen MR) is 134 cm³/mol. The number of ether oxygens (including phenoxy) is 3. The lowest BCUT2D eigenvalue weighted by Crippen LogP contribution is -2.51. The van der Waals surface area contributed by atoms with Crippen LogP contribution in [0.2, 0.25) is 0 Å². The molecule has 1 aliphatic heterocycles. The predicted octanol–water partition coefficient (Wildman–Crippen LogP) is 6.14. The van der Waals surface area contributed by atoms with Gasteiger partial charge in [0.15, 0.2) is 0 Å². The largest absolute Gasteiger partial charge is 0.392 e. The van der Waals surface area contributed by atoms with E-state index < -0.39 is 0 Å². The quantitative estimate of drug-likeness (QED) is 0.416. The Morgan fingerprint density at radius 2 is 1.41 bits per heavy atom. The van der Waals surface area contributed by atoms with E-state index in [9.17, 15) is 5.11 Å². The van der Waals surface area contributed by atoms with Gasteiger partial charge in [0.05, 0.1) is 32.0 Å². The van der Waals surface area contributed by atoms with Gasteiger partial charge in [-0.2, -0.15) is 0 Å². The number of aryl methyl sites for hydroxylation is 1. The lowest BCUT2D eigenvalue weighted by molar-refractivity contribution is -0.234. The van der Waals surface area contributed by atoms with Gasteiger partial charge in [0.1, 0.15) is 12.2 Å². The van der Waals surface area contributed by atoms with E-state index in [0.29, 0.717) is 13.2 Å². The summed E-state index contributed by atoms with van der Waals surface area (Å²) >= 11 is 0. The molecule has 1 aliphatic rings. The number of benzene rings is 3. The van der Waals surface area contributed by atoms with E-state index >= 15 is 0 Å². The highest BCUT2D eigenvalue weighted by atomic mass is 16.6. The molecule has 4 heteroatoms. The molecule has 3 aromatic carbocycles. The molecule has 1 saturated heterocycles. The van der Waals surface area contributed by atoms with Crippen LogP contribution in [0.25, 0.3) is 0 Å². The second-order valence-electron chi connectivity index (χ2n) is 9.23. The molecule has 3 aromatic rings. The molecule has 180 valence electrons. The van der Waals surface area contributed by atoms with Crippen LogP contribution in [0.3, 0.4) is 0 Å². The minimum atomic E-state index is -0.282. The molecule has 5 atom stereocenters. The topological polar surface area (TPSA) is 47.9 Å². The zero-order valence-corrected chi connectivity index (χ0v) is 20.4. The number of rotatable bonds is 9. The van der Waals surface area contributed by atoms with Crippen LogP contribution in [0.15, 0.2) is 78.9 Å². The fourth-order valence-corrected chi connectivity index (χ4v) is 4.81. The van der Waals surface area contributed by atoms with E-state index in [4.69, 9.17) is 14.2 Å². The molecule has 0 saturated carbocycles. The number of hydrogen-bond donors (Lipinski definition) is 1. The first kappa shape index (κ1) is 24.6. The molecule has 0 aromatic heterocycles. The van der Waals surface area contributed by atoms with E-state index in [1.807, 2.05) is 43.3 Å². The summed E-state index contributed by atoms with van der Waals surface area (Å²) in [6.45, 7) is 7.39. The Morgan fingerprint density at radius 1 is 0.824 bits per heavy atom. The van der Waals surface area contributed by atoms with Crippen molar-refractivity contribution in [2.45, 2.75) is 71.4 Å². The van der Waals surface area contributed by atoms with E-state index in [1.165, 1.54) is 0 Å². The summed E-state index contributed by atoms with van der Waals surface area (Å²) in [6.07, 6.45) is 0.257. The van der Waals surface area contributed by atoms with Crippen LogP contribution in [0.4, 0.5) is 0 Å². The van der Waals surface area contributed by atoms with Gasteiger partial charge in [0, 0.05) is 5.92 Å². The molecule has 0 spiro atoms. The van der Waals surface area contributed by atoms with Crippen molar-refractivity contribution in [3.05, 3.63) is 107 Å². The average molecular weight is 461 g/mol. The van der Waals surface area contributed by atoms with Crippen molar-refractivity contribution in [1.82, 2.24) is 0 Å². The van der Waals surface area contributed by atoms with Crippen molar-refractivity contribution in [3.8, 4) is 0 Å². The van der Waals surface area contributed by atoms with Crippen LogP contribution in [0.5, 0.6) is 0 Å². The lowest BCUT2D eigenvalue weighted by Gasteiger charge is -2.46. The maximum absolute atomic E-state index is 9.86. The summed E-state index contributed by atoms with van der Waals surface area (Å²) in [5, 5.41) is 9.86. The molecule has 0 aliphatic carbocycles. The van der Waals surface area contributed by atoms with Gasteiger partial charge < -0.3 is 19.3 Å². The third-order valence-electron chi connectivity index (χ3n) is 6.89. The summed E-state index contributed by atoms with van der Waals surface area (Å²) in [4.78, 5) is 0. The first-order chi connectivity index (χ1) is 16.6. The molecule has 34 heavy (non-hydrogen) atoms. The Hall–Kier alpha value is -2.50. The average Bonchev–Trinajstić information content (AvgIpc) is 2.88. The van der Waals surface area contributed by atoms with Crippen LogP contribution >= 0.6 is 0 Å². The highest BCUT2D eigenvalue weighted by Gasteiger charge is 2.45. The highest BCUT2D eigenvalue weighted by molar-refractivity contribution is 5.33. The summed E-state index contributed by atoms with van der Waals surface area (Å²) in [7, 11) is 0. The summed E-state index contributed by atoms with van der Waals surface area (Å²) < 4.78 is 19.9. The van der Waals surface area contributed by atoms with Crippen molar-refractivity contribution < 1.29 is 19.3 Å². The third kappa shape index (κ3) is 5.76. The Balaban J connectivity index is 1.65. The smallest absolute Gasteiger partial charge is 0.115 e. The van der Waals surface area contributed by atoms with Crippen molar-refractivity contribution in [3.63, 3.8) is 0 Å². The van der Waals surface area contributed by atoms with Crippen LogP contribution in [0.1, 0.15) is 54.2 Å². The van der Waals surface area contributed by atoms with E-state index in [0.717, 1.165) is 34.2 Å². The molecular formula is C30H36O4.